The van der Waals surface area contributed by atoms with Crippen LogP contribution in [-0.2, 0) is 11.3 Å². The van der Waals surface area contributed by atoms with E-state index in [1.54, 1.807) is 0 Å². The van der Waals surface area contributed by atoms with Crippen molar-refractivity contribution in [2.24, 2.45) is 0 Å². The smallest absolute Gasteiger partial charge is 0.0594 e. The van der Waals surface area contributed by atoms with Gasteiger partial charge in [0.15, 0.2) is 0 Å². The van der Waals surface area contributed by atoms with Crippen LogP contribution in [0.3, 0.4) is 0 Å². The number of hydrogen-bond donors (Lipinski definition) is 1. The molecule has 1 aromatic rings. The van der Waals surface area contributed by atoms with Crippen molar-refractivity contribution in [3.05, 3.63) is 29.8 Å². The zero-order valence-electron chi connectivity index (χ0n) is 11.0. The second-order valence-electron chi connectivity index (χ2n) is 4.48. The molecule has 0 amide bonds. The number of morpholine rings is 1. The third-order valence-corrected chi connectivity index (χ3v) is 4.03. The molecule has 1 saturated heterocycles. The minimum Gasteiger partial charge on any atom is -0.379 e. The first-order chi connectivity index (χ1) is 8.88. The van der Waals surface area contributed by atoms with Gasteiger partial charge in [0.25, 0.3) is 0 Å². The molecule has 1 aromatic carbocycles. The molecule has 0 atom stereocenters. The summed E-state index contributed by atoms with van der Waals surface area (Å²) in [7, 11) is 1.98. The first kappa shape index (κ1) is 13.9. The van der Waals surface area contributed by atoms with Gasteiger partial charge in [-0.1, -0.05) is 12.1 Å². The van der Waals surface area contributed by atoms with E-state index in [1.807, 2.05) is 18.8 Å². The highest BCUT2D eigenvalue weighted by Gasteiger charge is 2.09. The Bertz CT molecular complexity index is 353. The van der Waals surface area contributed by atoms with Crippen molar-refractivity contribution >= 4 is 11.8 Å². The molecule has 0 saturated carbocycles. The molecule has 0 spiro atoms. The highest BCUT2D eigenvalue weighted by Crippen LogP contribution is 2.19. The molecule has 2 rings (SSSR count). The van der Waals surface area contributed by atoms with Gasteiger partial charge in [-0.3, -0.25) is 4.90 Å². The van der Waals surface area contributed by atoms with Gasteiger partial charge in [-0.15, -0.1) is 11.8 Å². The monoisotopic (exact) mass is 266 g/mol. The lowest BCUT2D eigenvalue weighted by Gasteiger charge is -2.26. The molecule has 18 heavy (non-hydrogen) atoms. The number of rotatable bonds is 6. The van der Waals surface area contributed by atoms with Gasteiger partial charge in [-0.25, -0.2) is 0 Å². The van der Waals surface area contributed by atoms with E-state index in [9.17, 15) is 0 Å². The fraction of sp³-hybridized carbons (Fsp3) is 0.571. The second kappa shape index (κ2) is 7.79. The summed E-state index contributed by atoms with van der Waals surface area (Å²) in [5.74, 6) is 1.16. The summed E-state index contributed by atoms with van der Waals surface area (Å²) in [6.45, 7) is 6.05. The zero-order chi connectivity index (χ0) is 12.6. The average Bonchev–Trinajstić information content (AvgIpc) is 2.41. The van der Waals surface area contributed by atoms with E-state index in [2.05, 4.69) is 34.5 Å². The second-order valence-corrected chi connectivity index (χ2v) is 5.65. The first-order valence-corrected chi connectivity index (χ1v) is 7.53. The summed E-state index contributed by atoms with van der Waals surface area (Å²) in [6, 6.07) is 8.79. The van der Waals surface area contributed by atoms with Crippen molar-refractivity contribution in [1.29, 1.82) is 0 Å². The summed E-state index contributed by atoms with van der Waals surface area (Å²) < 4.78 is 5.35. The zero-order valence-corrected chi connectivity index (χ0v) is 11.8. The Hall–Kier alpha value is -0.550. The van der Waals surface area contributed by atoms with E-state index in [0.29, 0.717) is 0 Å². The van der Waals surface area contributed by atoms with Crippen LogP contribution < -0.4 is 5.32 Å². The molecule has 3 nitrogen and oxygen atoms in total. The molecule has 4 heteroatoms. The van der Waals surface area contributed by atoms with E-state index in [1.165, 1.54) is 10.5 Å². The summed E-state index contributed by atoms with van der Waals surface area (Å²) in [5.41, 5.74) is 1.36. The van der Waals surface area contributed by atoms with E-state index in [0.717, 1.165) is 45.1 Å². The van der Waals surface area contributed by atoms with Gasteiger partial charge in [-0.2, -0.15) is 0 Å². The van der Waals surface area contributed by atoms with Crippen molar-refractivity contribution in [2.75, 3.05) is 45.6 Å². The van der Waals surface area contributed by atoms with Crippen LogP contribution in [0.2, 0.25) is 0 Å². The first-order valence-electron chi connectivity index (χ1n) is 6.55. The van der Waals surface area contributed by atoms with Crippen LogP contribution in [-0.4, -0.2) is 50.5 Å². The van der Waals surface area contributed by atoms with Crippen LogP contribution in [0.25, 0.3) is 0 Å². The molecule has 0 radical (unpaired) electrons. The van der Waals surface area contributed by atoms with E-state index in [4.69, 9.17) is 4.74 Å². The van der Waals surface area contributed by atoms with Crippen LogP contribution in [0.4, 0.5) is 0 Å². The predicted molar refractivity (Wildman–Crippen MR) is 77.2 cm³/mol. The number of thioether (sulfide) groups is 1. The Labute approximate surface area is 114 Å². The number of benzene rings is 1. The van der Waals surface area contributed by atoms with Gasteiger partial charge < -0.3 is 10.1 Å². The van der Waals surface area contributed by atoms with Gasteiger partial charge in [0, 0.05) is 36.8 Å². The Balaban J connectivity index is 1.73. The predicted octanol–water partition coefficient (Wildman–Crippen LogP) is 1.83. The SMILES string of the molecule is CNCc1cccc(SCCN2CCOCC2)c1. The van der Waals surface area contributed by atoms with E-state index < -0.39 is 0 Å². The Morgan fingerprint density at radius 3 is 2.94 bits per heavy atom. The molecule has 1 N–H and O–H groups in total. The van der Waals surface area contributed by atoms with Gasteiger partial charge >= 0.3 is 0 Å². The highest BCUT2D eigenvalue weighted by atomic mass is 32.2. The highest BCUT2D eigenvalue weighted by molar-refractivity contribution is 7.99. The lowest BCUT2D eigenvalue weighted by molar-refractivity contribution is 0.0410. The summed E-state index contributed by atoms with van der Waals surface area (Å²) in [5, 5.41) is 3.19. The minimum atomic E-state index is 0.891. The maximum absolute atomic E-state index is 5.35. The lowest BCUT2D eigenvalue weighted by atomic mass is 10.2. The topological polar surface area (TPSA) is 24.5 Å². The summed E-state index contributed by atoms with van der Waals surface area (Å²) >= 11 is 1.94. The van der Waals surface area contributed by atoms with Crippen molar-refractivity contribution in [3.8, 4) is 0 Å². The molecule has 0 bridgehead atoms. The average molecular weight is 266 g/mol. The van der Waals surface area contributed by atoms with Crippen LogP contribution in [0.5, 0.6) is 0 Å². The van der Waals surface area contributed by atoms with Gasteiger partial charge in [0.1, 0.15) is 0 Å². The summed E-state index contributed by atoms with van der Waals surface area (Å²) in [4.78, 5) is 3.85. The van der Waals surface area contributed by atoms with Crippen molar-refractivity contribution < 1.29 is 4.74 Å². The molecular formula is C14H22N2OS. The normalized spacial score (nSPS) is 16.9. The fourth-order valence-electron chi connectivity index (χ4n) is 2.07. The molecular weight excluding hydrogens is 244 g/mol. The molecule has 1 aliphatic rings. The van der Waals surface area contributed by atoms with Crippen LogP contribution in [0.1, 0.15) is 5.56 Å². The minimum absolute atomic E-state index is 0.891. The quantitative estimate of drug-likeness (QED) is 0.794. The Kier molecular flexibility index (Phi) is 6.00. The Morgan fingerprint density at radius 2 is 2.17 bits per heavy atom. The standard InChI is InChI=1S/C14H22N2OS/c1-15-12-13-3-2-4-14(11-13)18-10-7-16-5-8-17-9-6-16/h2-4,11,15H,5-10,12H2,1H3. The summed E-state index contributed by atoms with van der Waals surface area (Å²) in [6.07, 6.45) is 0. The number of ether oxygens (including phenoxy) is 1. The molecule has 1 aliphatic heterocycles. The van der Waals surface area contributed by atoms with Crippen LogP contribution in [0.15, 0.2) is 29.2 Å². The van der Waals surface area contributed by atoms with Gasteiger partial charge in [-0.05, 0) is 24.7 Å². The van der Waals surface area contributed by atoms with Crippen molar-refractivity contribution in [2.45, 2.75) is 11.4 Å². The lowest BCUT2D eigenvalue weighted by Crippen LogP contribution is -2.37. The molecule has 0 aliphatic carbocycles. The maximum atomic E-state index is 5.35. The maximum Gasteiger partial charge on any atom is 0.0594 e. The van der Waals surface area contributed by atoms with Gasteiger partial charge in [0.05, 0.1) is 13.2 Å². The number of hydrogen-bond acceptors (Lipinski definition) is 4. The van der Waals surface area contributed by atoms with Crippen LogP contribution in [0, 0.1) is 0 Å². The van der Waals surface area contributed by atoms with Crippen LogP contribution >= 0.6 is 11.8 Å². The van der Waals surface area contributed by atoms with Crippen molar-refractivity contribution in [3.63, 3.8) is 0 Å². The van der Waals surface area contributed by atoms with Crippen molar-refractivity contribution in [1.82, 2.24) is 10.2 Å². The molecule has 1 heterocycles. The molecule has 1 fully saturated rings. The molecule has 0 unspecified atom stereocenters. The number of nitrogens with zero attached hydrogens (tertiary/aromatic N) is 1. The Morgan fingerprint density at radius 1 is 1.33 bits per heavy atom. The van der Waals surface area contributed by atoms with E-state index >= 15 is 0 Å². The molecule has 0 aromatic heterocycles. The third kappa shape index (κ3) is 4.61. The number of nitrogens with one attached hydrogen (secondary N) is 1. The molecule has 100 valence electrons. The largest absolute Gasteiger partial charge is 0.379 e. The van der Waals surface area contributed by atoms with Gasteiger partial charge in [0.2, 0.25) is 0 Å². The van der Waals surface area contributed by atoms with E-state index in [-0.39, 0.29) is 0 Å². The third-order valence-electron chi connectivity index (χ3n) is 3.06. The fourth-order valence-corrected chi connectivity index (χ4v) is 3.06.